The van der Waals surface area contributed by atoms with Crippen molar-refractivity contribution < 1.29 is 18.8 Å². The number of carbonyl (C=O) groups is 3. The van der Waals surface area contributed by atoms with Crippen LogP contribution in [0.25, 0.3) is 0 Å². The Morgan fingerprint density at radius 3 is 2.12 bits per heavy atom. The van der Waals surface area contributed by atoms with Gasteiger partial charge in [-0.25, -0.2) is 4.39 Å². The minimum absolute atomic E-state index is 0.143. The van der Waals surface area contributed by atoms with Gasteiger partial charge < -0.3 is 15.5 Å². The zero-order chi connectivity index (χ0) is 19.1. The number of nitrogens with one attached hydrogen (secondary N) is 2. The highest BCUT2D eigenvalue weighted by Crippen LogP contribution is 2.18. The van der Waals surface area contributed by atoms with Crippen LogP contribution in [-0.4, -0.2) is 24.3 Å². The fourth-order valence-corrected chi connectivity index (χ4v) is 2.31. The molecule has 136 valence electrons. The summed E-state index contributed by atoms with van der Waals surface area (Å²) in [5.41, 5.74) is 1.91. The van der Waals surface area contributed by atoms with Gasteiger partial charge in [0.15, 0.2) is 0 Å². The maximum absolute atomic E-state index is 12.9. The third-order valence-corrected chi connectivity index (χ3v) is 3.58. The predicted octanol–water partition coefficient (Wildman–Crippen LogP) is 2.45. The van der Waals surface area contributed by atoms with Crippen molar-refractivity contribution in [2.45, 2.75) is 20.4 Å². The lowest BCUT2D eigenvalue weighted by molar-refractivity contribution is -0.123. The summed E-state index contributed by atoms with van der Waals surface area (Å²) in [5.74, 6) is -1.16. The van der Waals surface area contributed by atoms with E-state index in [1.807, 2.05) is 0 Å². The lowest BCUT2D eigenvalue weighted by Gasteiger charge is -2.21. The summed E-state index contributed by atoms with van der Waals surface area (Å²) in [6.07, 6.45) is 0. The van der Waals surface area contributed by atoms with Crippen LogP contribution in [0.2, 0.25) is 0 Å². The molecule has 2 aromatic carbocycles. The van der Waals surface area contributed by atoms with Gasteiger partial charge in [-0.05, 0) is 42.0 Å². The lowest BCUT2D eigenvalue weighted by Crippen LogP contribution is -2.39. The number of halogens is 1. The Labute approximate surface area is 151 Å². The average molecular weight is 357 g/mol. The normalized spacial score (nSPS) is 10.1. The second-order valence-corrected chi connectivity index (χ2v) is 5.74. The number of hydrogen-bond donors (Lipinski definition) is 2. The highest BCUT2D eigenvalue weighted by atomic mass is 19.1. The molecule has 0 atom stereocenters. The Kier molecular flexibility index (Phi) is 6.43. The van der Waals surface area contributed by atoms with Crippen LogP contribution in [0, 0.1) is 5.82 Å². The third-order valence-electron chi connectivity index (χ3n) is 3.58. The molecule has 0 spiro atoms. The van der Waals surface area contributed by atoms with Gasteiger partial charge in [0.2, 0.25) is 17.7 Å². The van der Waals surface area contributed by atoms with Gasteiger partial charge in [0.25, 0.3) is 0 Å². The fraction of sp³-hybridized carbons (Fsp3) is 0.211. The molecule has 0 unspecified atom stereocenters. The molecule has 2 aromatic rings. The van der Waals surface area contributed by atoms with Gasteiger partial charge in [-0.2, -0.15) is 0 Å². The Morgan fingerprint density at radius 1 is 0.962 bits per heavy atom. The van der Waals surface area contributed by atoms with E-state index in [4.69, 9.17) is 0 Å². The standard InChI is InChI=1S/C19H20FN3O3/c1-13(24)22-17-7-9-18(10-8-17)23(14(2)25)12-19(26)21-11-15-3-5-16(20)6-4-15/h3-10H,11-12H2,1-2H3,(H,21,26)(H,22,24). The minimum Gasteiger partial charge on any atom is -0.350 e. The van der Waals surface area contributed by atoms with Crippen LogP contribution in [-0.2, 0) is 20.9 Å². The fourth-order valence-electron chi connectivity index (χ4n) is 2.31. The van der Waals surface area contributed by atoms with E-state index in [2.05, 4.69) is 10.6 Å². The van der Waals surface area contributed by atoms with Crippen molar-refractivity contribution in [3.8, 4) is 0 Å². The van der Waals surface area contributed by atoms with E-state index < -0.39 is 0 Å². The van der Waals surface area contributed by atoms with E-state index in [1.54, 1.807) is 36.4 Å². The van der Waals surface area contributed by atoms with Crippen molar-refractivity contribution in [2.24, 2.45) is 0 Å². The molecule has 2 rings (SSSR count). The van der Waals surface area contributed by atoms with Crippen molar-refractivity contribution in [1.29, 1.82) is 0 Å². The molecule has 2 N–H and O–H groups in total. The second kappa shape index (κ2) is 8.75. The molecule has 0 radical (unpaired) electrons. The van der Waals surface area contributed by atoms with Crippen molar-refractivity contribution in [1.82, 2.24) is 5.32 Å². The van der Waals surface area contributed by atoms with Gasteiger partial charge in [-0.3, -0.25) is 14.4 Å². The SMILES string of the molecule is CC(=O)Nc1ccc(N(CC(=O)NCc2ccc(F)cc2)C(C)=O)cc1. The molecule has 3 amide bonds. The minimum atomic E-state index is -0.342. The van der Waals surface area contributed by atoms with Crippen LogP contribution in [0.3, 0.4) is 0 Å². The largest absolute Gasteiger partial charge is 0.350 e. The zero-order valence-electron chi connectivity index (χ0n) is 14.6. The number of hydrogen-bond acceptors (Lipinski definition) is 3. The van der Waals surface area contributed by atoms with Crippen molar-refractivity contribution >= 4 is 29.1 Å². The van der Waals surface area contributed by atoms with Crippen LogP contribution in [0.15, 0.2) is 48.5 Å². The maximum Gasteiger partial charge on any atom is 0.240 e. The molecule has 0 bridgehead atoms. The Balaban J connectivity index is 1.98. The molecule has 0 saturated heterocycles. The molecule has 6 nitrogen and oxygen atoms in total. The third kappa shape index (κ3) is 5.70. The lowest BCUT2D eigenvalue weighted by atomic mass is 10.2. The molecule has 0 aliphatic rings. The van der Waals surface area contributed by atoms with Crippen molar-refractivity contribution in [3.05, 3.63) is 59.9 Å². The summed E-state index contributed by atoms with van der Waals surface area (Å²) in [6, 6.07) is 12.4. The van der Waals surface area contributed by atoms with E-state index in [0.29, 0.717) is 11.4 Å². The predicted molar refractivity (Wildman–Crippen MR) is 97.0 cm³/mol. The van der Waals surface area contributed by atoms with Crippen molar-refractivity contribution in [2.75, 3.05) is 16.8 Å². The Hall–Kier alpha value is -3.22. The summed E-state index contributed by atoms with van der Waals surface area (Å²) in [4.78, 5) is 36.4. The van der Waals surface area contributed by atoms with Gasteiger partial charge >= 0.3 is 0 Å². The average Bonchev–Trinajstić information content (AvgIpc) is 2.59. The summed E-state index contributed by atoms with van der Waals surface area (Å²) in [7, 11) is 0. The number of anilines is 2. The monoisotopic (exact) mass is 357 g/mol. The molecule has 0 heterocycles. The topological polar surface area (TPSA) is 78.5 Å². The second-order valence-electron chi connectivity index (χ2n) is 5.74. The molecule has 0 aliphatic heterocycles. The molecule has 0 saturated carbocycles. The van der Waals surface area contributed by atoms with E-state index >= 15 is 0 Å². The van der Waals surface area contributed by atoms with Crippen LogP contribution >= 0.6 is 0 Å². The number of rotatable bonds is 6. The Bertz CT molecular complexity index is 789. The highest BCUT2D eigenvalue weighted by Gasteiger charge is 2.15. The van der Waals surface area contributed by atoms with Crippen LogP contribution in [0.4, 0.5) is 15.8 Å². The van der Waals surface area contributed by atoms with Gasteiger partial charge in [0.1, 0.15) is 12.4 Å². The van der Waals surface area contributed by atoms with Gasteiger partial charge in [0.05, 0.1) is 0 Å². The molecule has 0 aliphatic carbocycles. The quantitative estimate of drug-likeness (QED) is 0.834. The van der Waals surface area contributed by atoms with Crippen LogP contribution in [0.1, 0.15) is 19.4 Å². The van der Waals surface area contributed by atoms with Gasteiger partial charge in [-0.1, -0.05) is 12.1 Å². The summed E-state index contributed by atoms with van der Waals surface area (Å²) >= 11 is 0. The number of benzene rings is 2. The first-order valence-corrected chi connectivity index (χ1v) is 8.02. The first-order chi connectivity index (χ1) is 12.3. The van der Waals surface area contributed by atoms with Crippen molar-refractivity contribution in [3.63, 3.8) is 0 Å². The first-order valence-electron chi connectivity index (χ1n) is 8.02. The molecule has 0 fully saturated rings. The first kappa shape index (κ1) is 19.1. The number of carbonyl (C=O) groups excluding carboxylic acids is 3. The van der Waals surface area contributed by atoms with E-state index in [-0.39, 0.29) is 36.6 Å². The van der Waals surface area contributed by atoms with E-state index in [1.165, 1.54) is 30.9 Å². The molecule has 0 aromatic heterocycles. The van der Waals surface area contributed by atoms with E-state index in [9.17, 15) is 18.8 Å². The van der Waals surface area contributed by atoms with Crippen LogP contribution in [0.5, 0.6) is 0 Å². The van der Waals surface area contributed by atoms with E-state index in [0.717, 1.165) is 5.56 Å². The summed E-state index contributed by atoms with van der Waals surface area (Å²) in [6.45, 7) is 2.87. The molecule has 7 heteroatoms. The van der Waals surface area contributed by atoms with Gasteiger partial charge in [0, 0.05) is 31.8 Å². The summed E-state index contributed by atoms with van der Waals surface area (Å²) in [5, 5.41) is 5.33. The summed E-state index contributed by atoms with van der Waals surface area (Å²) < 4.78 is 12.9. The smallest absolute Gasteiger partial charge is 0.240 e. The molecule has 26 heavy (non-hydrogen) atoms. The highest BCUT2D eigenvalue weighted by molar-refractivity contribution is 5.97. The number of amides is 3. The molecular formula is C19H20FN3O3. The zero-order valence-corrected chi connectivity index (χ0v) is 14.6. The van der Waals surface area contributed by atoms with Crippen LogP contribution < -0.4 is 15.5 Å². The maximum atomic E-state index is 12.9. The number of nitrogens with zero attached hydrogens (tertiary/aromatic N) is 1. The Morgan fingerprint density at radius 2 is 1.58 bits per heavy atom. The van der Waals surface area contributed by atoms with Gasteiger partial charge in [-0.15, -0.1) is 0 Å². The molecular weight excluding hydrogens is 337 g/mol.